The van der Waals surface area contributed by atoms with Crippen LogP contribution in [0.1, 0.15) is 0 Å². The molecule has 24 heavy (non-hydrogen) atoms. The van der Waals surface area contributed by atoms with E-state index in [0.29, 0.717) is 11.1 Å². The van der Waals surface area contributed by atoms with Crippen LogP contribution in [-0.2, 0) is 0 Å². The molecule has 0 bridgehead atoms. The van der Waals surface area contributed by atoms with E-state index in [2.05, 4.69) is 10.1 Å². The Balaban J connectivity index is 2.10. The smallest absolute Gasteiger partial charge is 0.300 e. The van der Waals surface area contributed by atoms with Gasteiger partial charge in [-0.2, -0.15) is 0 Å². The zero-order valence-corrected chi connectivity index (χ0v) is 12.8. The molecular weight excluding hydrogens is 300 g/mol. The lowest BCUT2D eigenvalue weighted by Crippen LogP contribution is -2.40. The maximum absolute atomic E-state index is 13.0. The van der Waals surface area contributed by atoms with E-state index in [-0.39, 0.29) is 5.88 Å². The van der Waals surface area contributed by atoms with Gasteiger partial charge in [-0.3, -0.25) is 4.57 Å². The van der Waals surface area contributed by atoms with E-state index < -0.39 is 0 Å². The average molecular weight is 314 g/mol. The number of hydrogen-bond donors (Lipinski definition) is 0. The van der Waals surface area contributed by atoms with E-state index in [4.69, 9.17) is 0 Å². The lowest BCUT2D eigenvalue weighted by molar-refractivity contribution is -0.587. The summed E-state index contributed by atoms with van der Waals surface area (Å²) < 4.78 is 3.09. The number of para-hydroxylation sites is 2. The van der Waals surface area contributed by atoms with E-state index in [1.54, 1.807) is 16.8 Å². The zero-order chi connectivity index (χ0) is 16.4. The molecule has 0 aliphatic rings. The molecule has 0 spiro atoms. The Morgan fingerprint density at radius 3 is 2.25 bits per heavy atom. The molecule has 0 saturated carbocycles. The van der Waals surface area contributed by atoms with E-state index in [0.717, 1.165) is 11.4 Å². The molecule has 2 aromatic carbocycles. The third kappa shape index (κ3) is 2.52. The third-order valence-electron chi connectivity index (χ3n) is 3.66. The highest BCUT2D eigenvalue weighted by Gasteiger charge is 2.11. The predicted octanol–water partition coefficient (Wildman–Crippen LogP) is 1.92. The van der Waals surface area contributed by atoms with Gasteiger partial charge in [0.1, 0.15) is 0 Å². The van der Waals surface area contributed by atoms with Crippen LogP contribution in [0.4, 0.5) is 5.69 Å². The summed E-state index contributed by atoms with van der Waals surface area (Å²) in [6, 6.07) is 24.3. The highest BCUT2D eigenvalue weighted by molar-refractivity contribution is 5.51. The van der Waals surface area contributed by atoms with Crippen LogP contribution >= 0.6 is 0 Å². The topological polar surface area (TPSA) is 57.3 Å². The summed E-state index contributed by atoms with van der Waals surface area (Å²) in [4.78, 5) is 4.56. The van der Waals surface area contributed by atoms with Crippen molar-refractivity contribution in [2.24, 2.45) is 4.99 Å². The normalized spacial score (nSPS) is 11.8. The summed E-state index contributed by atoms with van der Waals surface area (Å²) in [5, 5.41) is 17.5. The molecule has 5 heteroatoms. The number of nitrogens with zero attached hydrogens (tertiary/aromatic N) is 4. The molecule has 0 unspecified atom stereocenters. The van der Waals surface area contributed by atoms with Gasteiger partial charge in [0.2, 0.25) is 11.7 Å². The molecular formula is C19H14N4O. The van der Waals surface area contributed by atoms with Crippen LogP contribution in [0, 0.1) is 0 Å². The number of hydrogen-bond acceptors (Lipinski definition) is 3. The maximum atomic E-state index is 13.0. The minimum Gasteiger partial charge on any atom is -0.855 e. The molecule has 0 fully saturated rings. The molecule has 2 heterocycles. The van der Waals surface area contributed by atoms with Crippen molar-refractivity contribution >= 4 is 11.2 Å². The Morgan fingerprint density at radius 1 is 0.833 bits per heavy atom. The van der Waals surface area contributed by atoms with Gasteiger partial charge in [-0.15, -0.1) is 0 Å². The third-order valence-corrected chi connectivity index (χ3v) is 3.66. The van der Waals surface area contributed by atoms with Gasteiger partial charge in [-0.25, -0.2) is 4.99 Å². The maximum Gasteiger partial charge on any atom is 0.300 e. The molecule has 0 atom stereocenters. The Hall–Kier alpha value is -3.47. The highest BCUT2D eigenvalue weighted by Crippen LogP contribution is 2.15. The Labute approximate surface area is 138 Å². The highest BCUT2D eigenvalue weighted by atomic mass is 16.3. The zero-order valence-electron chi connectivity index (χ0n) is 12.8. The van der Waals surface area contributed by atoms with Gasteiger partial charge < -0.3 is 5.11 Å². The molecule has 5 nitrogen and oxygen atoms in total. The monoisotopic (exact) mass is 314 g/mol. The van der Waals surface area contributed by atoms with E-state index in [9.17, 15) is 5.11 Å². The summed E-state index contributed by atoms with van der Waals surface area (Å²) in [6.07, 6.45) is 1.75. The van der Waals surface area contributed by atoms with Crippen molar-refractivity contribution in [1.29, 1.82) is 0 Å². The van der Waals surface area contributed by atoms with Crippen molar-refractivity contribution in [3.05, 3.63) is 90.7 Å². The lowest BCUT2D eigenvalue weighted by atomic mass is 10.3. The summed E-state index contributed by atoms with van der Waals surface area (Å²) in [6.45, 7) is 0. The van der Waals surface area contributed by atoms with Gasteiger partial charge in [0.15, 0.2) is 0 Å². The van der Waals surface area contributed by atoms with Crippen molar-refractivity contribution in [3.8, 4) is 11.6 Å². The summed E-state index contributed by atoms with van der Waals surface area (Å²) in [7, 11) is 0. The first-order valence-corrected chi connectivity index (χ1v) is 7.59. The van der Waals surface area contributed by atoms with Gasteiger partial charge in [-0.05, 0) is 34.8 Å². The number of pyridine rings is 1. The predicted molar refractivity (Wildman–Crippen MR) is 87.8 cm³/mol. The van der Waals surface area contributed by atoms with Crippen LogP contribution < -0.4 is 15.2 Å². The first-order valence-electron chi connectivity index (χ1n) is 7.59. The molecule has 116 valence electrons. The van der Waals surface area contributed by atoms with Crippen LogP contribution in [0.25, 0.3) is 11.2 Å². The average Bonchev–Trinajstić information content (AvgIpc) is 2.64. The van der Waals surface area contributed by atoms with Crippen LogP contribution in [0.3, 0.4) is 0 Å². The summed E-state index contributed by atoms with van der Waals surface area (Å²) >= 11 is 0. The van der Waals surface area contributed by atoms with Gasteiger partial charge in [0.05, 0.1) is 5.69 Å². The molecule has 4 aromatic rings. The largest absolute Gasteiger partial charge is 0.855 e. The van der Waals surface area contributed by atoms with Gasteiger partial charge >= 0.3 is 0 Å². The lowest BCUT2D eigenvalue weighted by Gasteiger charge is -2.15. The van der Waals surface area contributed by atoms with Gasteiger partial charge in [0, 0.05) is 28.8 Å². The van der Waals surface area contributed by atoms with Crippen LogP contribution in [0.15, 0.2) is 90.1 Å². The fraction of sp³-hybridized carbons (Fsp3) is 0. The standard InChI is InChI=1S/C19H14N4O/c24-18-17-13-7-8-14-22(17)21-19(20-15-9-3-1-4-10-15)23(18)16-11-5-2-6-12-16/h1-14H. The number of benzene rings is 2. The van der Waals surface area contributed by atoms with E-state index in [1.165, 1.54) is 4.57 Å². The first-order chi connectivity index (χ1) is 11.8. The Morgan fingerprint density at radius 2 is 1.50 bits per heavy atom. The fourth-order valence-electron chi connectivity index (χ4n) is 2.54. The molecule has 4 rings (SSSR count). The summed E-state index contributed by atoms with van der Waals surface area (Å²) in [5.74, 6) is -0.161. The second-order valence-corrected chi connectivity index (χ2v) is 5.25. The van der Waals surface area contributed by atoms with Crippen LogP contribution in [-0.4, -0.2) is 9.67 Å². The molecule has 0 aliphatic heterocycles. The Bertz CT molecular complexity index is 1060. The SMILES string of the molecule is [O-]c1c2cccc[n+]2nc(=Nc2ccccc2)n1-c1ccccc1. The quantitative estimate of drug-likeness (QED) is 0.531. The van der Waals surface area contributed by atoms with Crippen molar-refractivity contribution in [2.45, 2.75) is 0 Å². The molecule has 2 aromatic heterocycles. The first kappa shape index (κ1) is 14.1. The van der Waals surface area contributed by atoms with Crippen molar-refractivity contribution in [3.63, 3.8) is 0 Å². The molecule has 0 amide bonds. The second kappa shape index (κ2) is 5.96. The molecule has 0 radical (unpaired) electrons. The minimum absolute atomic E-state index is 0.161. The number of rotatable bonds is 2. The van der Waals surface area contributed by atoms with E-state index in [1.807, 2.05) is 72.8 Å². The van der Waals surface area contributed by atoms with Crippen molar-refractivity contribution in [1.82, 2.24) is 9.67 Å². The minimum atomic E-state index is -0.161. The number of aromatic nitrogens is 3. The van der Waals surface area contributed by atoms with Crippen LogP contribution in [0.2, 0.25) is 0 Å². The van der Waals surface area contributed by atoms with Crippen molar-refractivity contribution < 1.29 is 9.62 Å². The second-order valence-electron chi connectivity index (χ2n) is 5.25. The van der Waals surface area contributed by atoms with Crippen molar-refractivity contribution in [2.75, 3.05) is 0 Å². The Kier molecular flexibility index (Phi) is 3.51. The fourth-order valence-corrected chi connectivity index (χ4v) is 2.54. The van der Waals surface area contributed by atoms with E-state index >= 15 is 0 Å². The summed E-state index contributed by atoms with van der Waals surface area (Å²) in [5.41, 5.74) is 2.30. The molecule has 0 saturated heterocycles. The van der Waals surface area contributed by atoms with Crippen LogP contribution in [0.5, 0.6) is 5.88 Å². The van der Waals surface area contributed by atoms with Gasteiger partial charge in [-0.1, -0.05) is 36.4 Å². The number of fused-ring (bicyclic) bond motifs is 1. The molecule has 0 aliphatic carbocycles. The molecule has 0 N–H and O–H groups in total. The van der Waals surface area contributed by atoms with Gasteiger partial charge in [0.25, 0.3) is 5.62 Å².